The second kappa shape index (κ2) is 7.01. The summed E-state index contributed by atoms with van der Waals surface area (Å²) < 4.78 is 4.71. The number of amides is 2. The number of ether oxygens (including phenoxy) is 1. The van der Waals surface area contributed by atoms with Gasteiger partial charge in [-0.05, 0) is 12.8 Å². The molecule has 1 fully saturated rings. The van der Waals surface area contributed by atoms with Crippen molar-refractivity contribution in [2.24, 2.45) is 5.92 Å². The van der Waals surface area contributed by atoms with E-state index < -0.39 is 0 Å². The molecule has 1 N–H and O–H groups in total. The molecule has 0 spiro atoms. The number of rotatable bonds is 4. The molecule has 0 aromatic carbocycles. The van der Waals surface area contributed by atoms with Gasteiger partial charge in [0.1, 0.15) is 6.54 Å². The average Bonchev–Trinajstić information content (AvgIpc) is 2.92. The van der Waals surface area contributed by atoms with E-state index in [1.807, 2.05) is 0 Å². The van der Waals surface area contributed by atoms with Crippen LogP contribution in [-0.4, -0.2) is 57.9 Å². The Kier molecular flexibility index (Phi) is 5.08. The molecule has 1 saturated heterocycles. The van der Waals surface area contributed by atoms with E-state index in [9.17, 15) is 14.4 Å². The fourth-order valence-corrected chi connectivity index (χ4v) is 2.36. The Bertz CT molecular complexity index is 563. The van der Waals surface area contributed by atoms with Crippen LogP contribution in [0, 0.1) is 5.92 Å². The summed E-state index contributed by atoms with van der Waals surface area (Å²) in [7, 11) is 1.37. The number of anilines is 1. The minimum absolute atomic E-state index is 0.00246. The Labute approximate surface area is 127 Å². The van der Waals surface area contributed by atoms with Crippen LogP contribution in [0.25, 0.3) is 0 Å². The Morgan fingerprint density at radius 3 is 2.64 bits per heavy atom. The number of carbonyl (C=O) groups is 3. The topological polar surface area (TPSA) is 106 Å². The third-order valence-corrected chi connectivity index (χ3v) is 3.50. The third kappa shape index (κ3) is 4.03. The molecule has 9 heteroatoms. The maximum Gasteiger partial charge on any atom is 0.308 e. The number of methoxy groups -OCH3 is 1. The number of hydrogen-bond acceptors (Lipinski definition) is 6. The van der Waals surface area contributed by atoms with Crippen LogP contribution in [0.1, 0.15) is 19.8 Å². The summed E-state index contributed by atoms with van der Waals surface area (Å²) in [5, 5.41) is 10.4. The van der Waals surface area contributed by atoms with Crippen molar-refractivity contribution < 1.29 is 19.1 Å². The maximum atomic E-state index is 12.2. The largest absolute Gasteiger partial charge is 0.469 e. The van der Waals surface area contributed by atoms with Gasteiger partial charge in [0.15, 0.2) is 5.82 Å². The van der Waals surface area contributed by atoms with Crippen molar-refractivity contribution in [1.29, 1.82) is 0 Å². The molecule has 0 radical (unpaired) electrons. The number of hydrogen-bond donors (Lipinski definition) is 1. The predicted molar refractivity (Wildman–Crippen MR) is 75.6 cm³/mol. The van der Waals surface area contributed by atoms with Crippen molar-refractivity contribution in [2.75, 3.05) is 25.5 Å². The number of carbonyl (C=O) groups excluding carboxylic acids is 3. The van der Waals surface area contributed by atoms with Gasteiger partial charge in [0, 0.05) is 20.0 Å². The minimum atomic E-state index is -0.247. The zero-order valence-corrected chi connectivity index (χ0v) is 12.6. The lowest BCUT2D eigenvalue weighted by Crippen LogP contribution is -2.42. The quantitative estimate of drug-likeness (QED) is 0.762. The summed E-state index contributed by atoms with van der Waals surface area (Å²) in [6.45, 7) is 2.40. The first-order valence-corrected chi connectivity index (χ1v) is 7.03. The zero-order chi connectivity index (χ0) is 16.1. The number of likely N-dealkylation sites (tertiary alicyclic amines) is 1. The van der Waals surface area contributed by atoms with E-state index in [1.165, 1.54) is 25.0 Å². The minimum Gasteiger partial charge on any atom is -0.469 e. The van der Waals surface area contributed by atoms with Gasteiger partial charge in [0.05, 0.1) is 19.2 Å². The normalized spacial score (nSPS) is 15.5. The number of esters is 1. The molecular formula is C13H19N5O4. The average molecular weight is 309 g/mol. The standard InChI is InChI=1S/C13H19N5O4/c1-9(19)15-11-7-14-18(16-11)8-12(20)17-5-3-10(4-6-17)13(21)22-2/h7,10H,3-6,8H2,1-2H3,(H,15,16,19). The summed E-state index contributed by atoms with van der Waals surface area (Å²) in [6, 6.07) is 0. The van der Waals surface area contributed by atoms with E-state index in [2.05, 4.69) is 15.5 Å². The number of nitrogens with one attached hydrogen (secondary N) is 1. The van der Waals surface area contributed by atoms with Gasteiger partial charge in [-0.2, -0.15) is 9.90 Å². The smallest absolute Gasteiger partial charge is 0.308 e. The monoisotopic (exact) mass is 309 g/mol. The molecule has 0 saturated carbocycles. The van der Waals surface area contributed by atoms with Crippen LogP contribution in [0.15, 0.2) is 6.20 Å². The molecule has 9 nitrogen and oxygen atoms in total. The lowest BCUT2D eigenvalue weighted by Gasteiger charge is -2.30. The van der Waals surface area contributed by atoms with Crippen LogP contribution in [-0.2, 0) is 25.7 Å². The molecule has 2 amide bonds. The van der Waals surface area contributed by atoms with Crippen LogP contribution in [0.4, 0.5) is 5.82 Å². The summed E-state index contributed by atoms with van der Waals surface area (Å²) in [4.78, 5) is 37.4. The first-order chi connectivity index (χ1) is 10.5. The highest BCUT2D eigenvalue weighted by molar-refractivity contribution is 5.87. The van der Waals surface area contributed by atoms with Gasteiger partial charge in [-0.25, -0.2) is 0 Å². The molecule has 22 heavy (non-hydrogen) atoms. The van der Waals surface area contributed by atoms with Crippen LogP contribution in [0.5, 0.6) is 0 Å². The number of aromatic nitrogens is 3. The Hall–Kier alpha value is -2.45. The third-order valence-electron chi connectivity index (χ3n) is 3.50. The SMILES string of the molecule is COC(=O)C1CCN(C(=O)Cn2ncc(NC(C)=O)n2)CC1. The van der Waals surface area contributed by atoms with Gasteiger partial charge < -0.3 is 15.0 Å². The highest BCUT2D eigenvalue weighted by Gasteiger charge is 2.28. The molecule has 120 valence electrons. The van der Waals surface area contributed by atoms with Crippen molar-refractivity contribution >= 4 is 23.6 Å². The van der Waals surface area contributed by atoms with Crippen LogP contribution < -0.4 is 5.32 Å². The molecule has 1 aliphatic heterocycles. The Balaban J connectivity index is 1.84. The second-order valence-electron chi connectivity index (χ2n) is 5.12. The van der Waals surface area contributed by atoms with Gasteiger partial charge in [-0.15, -0.1) is 5.10 Å². The van der Waals surface area contributed by atoms with Crippen molar-refractivity contribution in [2.45, 2.75) is 26.3 Å². The van der Waals surface area contributed by atoms with Crippen LogP contribution in [0.2, 0.25) is 0 Å². The van der Waals surface area contributed by atoms with Crippen molar-refractivity contribution in [3.05, 3.63) is 6.20 Å². The van der Waals surface area contributed by atoms with E-state index in [0.717, 1.165) is 0 Å². The Morgan fingerprint density at radius 2 is 2.05 bits per heavy atom. The van der Waals surface area contributed by atoms with Gasteiger partial charge in [-0.1, -0.05) is 0 Å². The lowest BCUT2D eigenvalue weighted by atomic mass is 9.97. The number of nitrogens with zero attached hydrogens (tertiary/aromatic N) is 4. The van der Waals surface area contributed by atoms with Crippen molar-refractivity contribution in [3.63, 3.8) is 0 Å². The summed E-state index contributed by atoms with van der Waals surface area (Å²) in [5.74, 6) is -0.412. The van der Waals surface area contributed by atoms with E-state index in [1.54, 1.807) is 4.90 Å². The fraction of sp³-hybridized carbons (Fsp3) is 0.615. The first kappa shape index (κ1) is 15.9. The highest BCUT2D eigenvalue weighted by Crippen LogP contribution is 2.18. The van der Waals surface area contributed by atoms with E-state index >= 15 is 0 Å². The van der Waals surface area contributed by atoms with Crippen molar-refractivity contribution in [1.82, 2.24) is 19.9 Å². The van der Waals surface area contributed by atoms with E-state index in [0.29, 0.717) is 31.7 Å². The summed E-state index contributed by atoms with van der Waals surface area (Å²) in [5.41, 5.74) is 0. The first-order valence-electron chi connectivity index (χ1n) is 7.03. The molecule has 1 aromatic rings. The van der Waals surface area contributed by atoms with E-state index in [4.69, 9.17) is 4.74 Å². The number of piperidine rings is 1. The molecule has 0 atom stereocenters. The zero-order valence-electron chi connectivity index (χ0n) is 12.6. The lowest BCUT2D eigenvalue weighted by molar-refractivity contribution is -0.149. The highest BCUT2D eigenvalue weighted by atomic mass is 16.5. The second-order valence-corrected chi connectivity index (χ2v) is 5.12. The fourth-order valence-electron chi connectivity index (χ4n) is 2.36. The molecule has 0 aliphatic carbocycles. The maximum absolute atomic E-state index is 12.2. The van der Waals surface area contributed by atoms with E-state index in [-0.39, 0.29) is 30.2 Å². The summed E-state index contributed by atoms with van der Waals surface area (Å²) in [6.07, 6.45) is 2.59. The molecule has 2 rings (SSSR count). The molecule has 0 unspecified atom stereocenters. The summed E-state index contributed by atoms with van der Waals surface area (Å²) >= 11 is 0. The molecule has 0 bridgehead atoms. The molecule has 2 heterocycles. The van der Waals surface area contributed by atoms with Gasteiger partial charge in [-0.3, -0.25) is 14.4 Å². The molecular weight excluding hydrogens is 290 g/mol. The predicted octanol–water partition coefficient (Wildman–Crippen LogP) is -0.352. The van der Waals surface area contributed by atoms with Crippen molar-refractivity contribution in [3.8, 4) is 0 Å². The van der Waals surface area contributed by atoms with Crippen LogP contribution >= 0.6 is 0 Å². The van der Waals surface area contributed by atoms with Gasteiger partial charge in [0.2, 0.25) is 11.8 Å². The van der Waals surface area contributed by atoms with Crippen LogP contribution in [0.3, 0.4) is 0 Å². The van der Waals surface area contributed by atoms with Gasteiger partial charge >= 0.3 is 5.97 Å². The molecule has 1 aromatic heterocycles. The van der Waals surface area contributed by atoms with Gasteiger partial charge in [0.25, 0.3) is 0 Å². The molecule has 1 aliphatic rings. The Morgan fingerprint density at radius 1 is 1.36 bits per heavy atom.